The summed E-state index contributed by atoms with van der Waals surface area (Å²) in [4.78, 5) is 0. The van der Waals surface area contributed by atoms with Gasteiger partial charge in [-0.15, -0.1) is 0 Å². The van der Waals surface area contributed by atoms with Crippen LogP contribution in [-0.2, 0) is 19.3 Å². The van der Waals surface area contributed by atoms with Crippen LogP contribution < -0.4 is 0 Å². The van der Waals surface area contributed by atoms with Gasteiger partial charge in [-0.25, -0.2) is 4.70 Å². The molecule has 0 saturated heterocycles. The zero-order valence-corrected chi connectivity index (χ0v) is 27.8. The van der Waals surface area contributed by atoms with Crippen molar-refractivity contribution in [1.82, 2.24) is 0 Å². The first kappa shape index (κ1) is 33.0. The Kier molecular flexibility index (Phi) is 13.1. The normalized spacial score (nSPS) is 13.7. The van der Waals surface area contributed by atoms with Crippen molar-refractivity contribution in [3.05, 3.63) is 85.5 Å². The number of unbranched alkanes of at least 4 members (excludes halogenated alkanes) is 7. The van der Waals surface area contributed by atoms with E-state index in [1.54, 1.807) is 10.3 Å². The lowest BCUT2D eigenvalue weighted by Crippen LogP contribution is -2.08. The maximum absolute atomic E-state index is 12.0. The molecule has 2 nitrogen and oxygen atoms in total. The molecule has 41 heavy (non-hydrogen) atoms. The molecule has 0 saturated carbocycles. The van der Waals surface area contributed by atoms with Crippen LogP contribution in [0.1, 0.15) is 156 Å². The Morgan fingerprint density at radius 3 is 1.49 bits per heavy atom. The van der Waals surface area contributed by atoms with Crippen molar-refractivity contribution in [1.29, 1.82) is 0 Å². The van der Waals surface area contributed by atoms with E-state index in [1.807, 2.05) is 0 Å². The van der Waals surface area contributed by atoms with Gasteiger partial charge in [-0.1, -0.05) is 72.6 Å². The van der Waals surface area contributed by atoms with Crippen molar-refractivity contribution in [3.63, 3.8) is 0 Å². The summed E-state index contributed by atoms with van der Waals surface area (Å²) in [7, 11) is 0. The summed E-state index contributed by atoms with van der Waals surface area (Å²) in [5, 5.41) is 0. The minimum absolute atomic E-state index is 0.962. The molecule has 1 heterocycles. The third kappa shape index (κ3) is 8.08. The highest BCUT2D eigenvalue weighted by Crippen LogP contribution is 2.43. The van der Waals surface area contributed by atoms with Crippen molar-refractivity contribution < 1.29 is 4.70 Å². The number of rotatable bonds is 17. The van der Waals surface area contributed by atoms with Gasteiger partial charge >= 0.3 is 0 Å². The number of benzene rings is 2. The molecule has 0 atom stereocenters. The second kappa shape index (κ2) is 16.2. The van der Waals surface area contributed by atoms with Gasteiger partial charge in [-0.3, -0.25) is 0 Å². The minimum atomic E-state index is 0.962. The van der Waals surface area contributed by atoms with Crippen LogP contribution in [-0.4, -0.2) is 4.70 Å². The van der Waals surface area contributed by atoms with E-state index < -0.39 is 0 Å². The molecule has 3 rings (SSSR count). The first-order valence-corrected chi connectivity index (χ1v) is 16.9. The van der Waals surface area contributed by atoms with Crippen LogP contribution in [0.3, 0.4) is 0 Å². The molecule has 2 aromatic rings. The van der Waals surface area contributed by atoms with E-state index in [2.05, 4.69) is 79.7 Å². The van der Waals surface area contributed by atoms with E-state index in [-0.39, 0.29) is 0 Å². The van der Waals surface area contributed by atoms with E-state index in [1.165, 1.54) is 109 Å². The van der Waals surface area contributed by atoms with Crippen LogP contribution in [0.2, 0.25) is 0 Å². The summed E-state index contributed by atoms with van der Waals surface area (Å²) in [6.45, 7) is 18.0. The van der Waals surface area contributed by atoms with E-state index in [4.69, 9.17) is 0 Å². The number of hydrogen-bond donors (Lipinski definition) is 0. The van der Waals surface area contributed by atoms with Crippen LogP contribution in [0.5, 0.6) is 0 Å². The lowest BCUT2D eigenvalue weighted by Gasteiger charge is -2.19. The van der Waals surface area contributed by atoms with Gasteiger partial charge in [-0.05, 0) is 137 Å². The molecular weight excluding hydrogens is 496 g/mol. The molecular formula is C39H58N2. The van der Waals surface area contributed by atoms with Crippen molar-refractivity contribution in [2.45, 2.75) is 152 Å². The lowest BCUT2D eigenvalue weighted by atomic mass is 9.87. The van der Waals surface area contributed by atoms with Crippen LogP contribution in [0, 0.1) is 20.8 Å². The highest BCUT2D eigenvalue weighted by molar-refractivity contribution is 5.82. The summed E-state index contributed by atoms with van der Waals surface area (Å²) in [6, 6.07) is 9.45. The largest absolute Gasteiger partial charge is 0.493 e. The first-order chi connectivity index (χ1) is 19.8. The minimum Gasteiger partial charge on any atom is -0.493 e. The Bertz CT molecular complexity index is 1200. The van der Waals surface area contributed by atoms with Gasteiger partial charge in [0.1, 0.15) is 0 Å². The average Bonchev–Trinajstić information content (AvgIpc) is 3.20. The molecule has 0 amide bonds. The molecule has 1 aliphatic heterocycles. The highest BCUT2D eigenvalue weighted by Gasteiger charge is 2.34. The number of nitrogens with zero attached hydrogens (tertiary/aromatic N) is 2. The molecule has 0 unspecified atom stereocenters. The van der Waals surface area contributed by atoms with Crippen molar-refractivity contribution >= 4 is 11.4 Å². The predicted molar refractivity (Wildman–Crippen MR) is 179 cm³/mol. The molecule has 0 aliphatic carbocycles. The fraction of sp³-hybridized carbons (Fsp3) is 0.590. The van der Waals surface area contributed by atoms with Crippen molar-refractivity contribution in [2.75, 3.05) is 0 Å². The molecule has 0 spiro atoms. The van der Waals surface area contributed by atoms with Crippen LogP contribution >= 0.6 is 0 Å². The Labute approximate surface area is 252 Å². The summed E-state index contributed by atoms with van der Waals surface area (Å²) in [5.41, 5.74) is 27.5. The smallest absolute Gasteiger partial charge is 0.211 e. The first-order valence-electron chi connectivity index (χ1n) is 16.9. The Balaban J connectivity index is 2.18. The number of allylic oxidation sites excluding steroid dienone is 2. The van der Waals surface area contributed by atoms with Gasteiger partial charge < -0.3 is 5.53 Å². The quantitative estimate of drug-likeness (QED) is 0.137. The topological polar surface area (TPSA) is 25.3 Å². The Morgan fingerprint density at radius 1 is 0.537 bits per heavy atom. The van der Waals surface area contributed by atoms with Gasteiger partial charge in [0, 0.05) is 22.3 Å². The molecule has 2 heteroatoms. The van der Waals surface area contributed by atoms with Gasteiger partial charge in [0.25, 0.3) is 0 Å². The van der Waals surface area contributed by atoms with E-state index >= 15 is 0 Å². The highest BCUT2D eigenvalue weighted by atomic mass is 15.2. The molecule has 0 aromatic heterocycles. The summed E-state index contributed by atoms with van der Waals surface area (Å²) < 4.78 is 1.56. The average molecular weight is 555 g/mol. The molecule has 2 aromatic carbocycles. The Morgan fingerprint density at radius 2 is 1.00 bits per heavy atom. The molecule has 0 radical (unpaired) electrons. The summed E-state index contributed by atoms with van der Waals surface area (Å²) in [6.07, 6.45) is 18.1. The third-order valence-electron chi connectivity index (χ3n) is 9.34. The monoisotopic (exact) mass is 554 g/mol. The number of aryl methyl sites for hydroxylation is 4. The van der Waals surface area contributed by atoms with Gasteiger partial charge in [0.2, 0.25) is 11.4 Å². The van der Waals surface area contributed by atoms with Crippen LogP contribution in [0.4, 0.5) is 0 Å². The zero-order valence-electron chi connectivity index (χ0n) is 27.8. The summed E-state index contributed by atoms with van der Waals surface area (Å²) >= 11 is 0. The predicted octanol–water partition coefficient (Wildman–Crippen LogP) is 12.2. The fourth-order valence-electron chi connectivity index (χ4n) is 6.57. The molecule has 224 valence electrons. The standard InChI is InChI=1S/C39H58N2/c1-9-13-17-20-32-26-35(27-33(21-18-14-10-2)37(32)23-19-15-11-3)39-36(22-16-12-4)31(8)38(41(39)40)34-24-28(5)30(7)29(6)25-34/h24-27H,9-23H2,1-8H3. The lowest BCUT2D eigenvalue weighted by molar-refractivity contribution is -0.345. The molecule has 1 aliphatic rings. The van der Waals surface area contributed by atoms with Crippen molar-refractivity contribution in [3.8, 4) is 0 Å². The fourth-order valence-corrected chi connectivity index (χ4v) is 6.57. The van der Waals surface area contributed by atoms with E-state index in [9.17, 15) is 5.53 Å². The van der Waals surface area contributed by atoms with E-state index in [0.29, 0.717) is 0 Å². The molecule has 0 N–H and O–H groups in total. The van der Waals surface area contributed by atoms with Gasteiger partial charge in [-0.2, -0.15) is 0 Å². The number of hydrogen-bond acceptors (Lipinski definition) is 0. The maximum Gasteiger partial charge on any atom is 0.211 e. The van der Waals surface area contributed by atoms with Crippen LogP contribution in [0.15, 0.2) is 35.4 Å². The maximum atomic E-state index is 12.0. The summed E-state index contributed by atoms with van der Waals surface area (Å²) in [5.74, 6) is 0. The van der Waals surface area contributed by atoms with Crippen LogP contribution in [0.25, 0.3) is 16.9 Å². The van der Waals surface area contributed by atoms with Gasteiger partial charge in [0.05, 0.1) is 0 Å². The molecule has 0 fully saturated rings. The second-order valence-electron chi connectivity index (χ2n) is 12.6. The SMILES string of the molecule is CCCCCc1cc(C2=C(CCCC)C(C)=C(c3cc(C)c(C)c(C)c3)[N+]2=[N-])cc(CCCCC)c1CCCCC. The Hall–Kier alpha value is -2.48. The van der Waals surface area contributed by atoms with E-state index in [0.717, 1.165) is 49.1 Å². The third-order valence-corrected chi connectivity index (χ3v) is 9.34. The zero-order chi connectivity index (χ0) is 29.9. The van der Waals surface area contributed by atoms with Crippen molar-refractivity contribution in [2.24, 2.45) is 0 Å². The molecule has 0 bridgehead atoms. The van der Waals surface area contributed by atoms with Gasteiger partial charge in [0.15, 0.2) is 0 Å². The second-order valence-corrected chi connectivity index (χ2v) is 12.6.